The summed E-state index contributed by atoms with van der Waals surface area (Å²) in [5.41, 5.74) is 0. The largest absolute Gasteiger partial charge is 0.412 e. The first-order chi connectivity index (χ1) is 6.00. The first-order valence-electron chi connectivity index (χ1n) is 2.10. The lowest BCUT2D eigenvalue weighted by atomic mass is 15.8. The van der Waals surface area contributed by atoms with Crippen molar-refractivity contribution in [3.8, 4) is 0 Å². The van der Waals surface area contributed by atoms with Gasteiger partial charge in [0.1, 0.15) is 0 Å². The predicted molar refractivity (Wildman–Crippen MR) is 91.3 cm³/mol. The van der Waals surface area contributed by atoms with Crippen molar-refractivity contribution in [2.75, 3.05) is 0 Å². The Bertz CT molecular complexity index is 344. The van der Waals surface area contributed by atoms with E-state index in [1.54, 1.807) is 0 Å². The minimum Gasteiger partial charge on any atom is -0.412 e. The predicted octanol–water partition coefficient (Wildman–Crippen LogP) is -10.9. The van der Waals surface area contributed by atoms with Gasteiger partial charge in [-0.1, -0.05) is 0 Å². The van der Waals surface area contributed by atoms with Crippen molar-refractivity contribution >= 4 is 65.9 Å². The van der Waals surface area contributed by atoms with E-state index in [2.05, 4.69) is 0 Å². The molecule has 0 amide bonds. The molecule has 0 atom stereocenters. The van der Waals surface area contributed by atoms with Crippen LogP contribution in [0, 0.1) is 0 Å². The summed E-state index contributed by atoms with van der Waals surface area (Å²) in [5.74, 6) is 0. The smallest absolute Gasteiger partial charge is 0.394 e. The first kappa shape index (κ1) is 98.5. The molecule has 0 fully saturated rings. The zero-order valence-electron chi connectivity index (χ0n) is 10.4. The molecule has 0 heterocycles. The second-order valence-corrected chi connectivity index (χ2v) is 4.03. The van der Waals surface area contributed by atoms with Gasteiger partial charge < -0.3 is 43.8 Å². The summed E-state index contributed by atoms with van der Waals surface area (Å²) < 4.78 is 94.8. The van der Waals surface area contributed by atoms with Gasteiger partial charge in [-0.05, 0) is 0 Å². The monoisotopic (exact) mass is 498 g/mol. The van der Waals surface area contributed by atoms with Gasteiger partial charge in [-0.2, -0.15) is 25.3 Å². The molecule has 0 aromatic carbocycles. The molecule has 25 heavy (non-hydrogen) atoms. The number of hydrogen-bond donors (Lipinski definition) is 6. The van der Waals surface area contributed by atoms with Gasteiger partial charge >= 0.3 is 31.2 Å². The van der Waals surface area contributed by atoms with E-state index in [1.165, 1.54) is 0 Å². The van der Waals surface area contributed by atoms with Crippen molar-refractivity contribution in [3.63, 3.8) is 0 Å². The van der Waals surface area contributed by atoms with Gasteiger partial charge in [-0.15, -0.1) is 0 Å². The van der Waals surface area contributed by atoms with Gasteiger partial charge in [-0.3, -0.25) is 27.3 Å². The van der Waals surface area contributed by atoms with Crippen LogP contribution < -0.4 is 0 Å². The quantitative estimate of drug-likeness (QED) is 0.134. The van der Waals surface area contributed by atoms with Crippen molar-refractivity contribution < 1.29 is 96.4 Å². The van der Waals surface area contributed by atoms with Crippen LogP contribution in [0.4, 0.5) is 0 Å². The molecule has 0 radical (unpaired) electrons. The topological polar surface area (TPSA) is 476 Å². The highest BCUT2D eigenvalue weighted by molar-refractivity contribution is 7.80. The Morgan fingerprint density at radius 2 is 0.320 bits per heavy atom. The lowest BCUT2D eigenvalue weighted by molar-refractivity contribution is 0.378. The lowest BCUT2D eigenvalue weighted by Gasteiger charge is -1.68. The van der Waals surface area contributed by atoms with Crippen LogP contribution in [0.25, 0.3) is 0 Å². The fraction of sp³-hybridized carbons (Fsp3) is 0. The molecule has 0 aromatic heterocycles. The van der Waals surface area contributed by atoms with Crippen LogP contribution in [0.3, 0.4) is 0 Å². The molecule has 0 spiro atoms. The Kier molecular flexibility index (Phi) is 155. The van der Waals surface area contributed by atoms with Gasteiger partial charge in [0.15, 0.2) is 34.7 Å². The second-order valence-electron chi connectivity index (χ2n) is 1.34. The van der Waals surface area contributed by atoms with E-state index in [9.17, 15) is 0 Å². The van der Waals surface area contributed by atoms with Crippen LogP contribution in [0.2, 0.25) is 0 Å². The third kappa shape index (κ3) is 96600. The number of hydrogen-bond acceptors (Lipinski definition) is 6. The summed E-state index contributed by atoms with van der Waals surface area (Å²) in [6.45, 7) is 0. The molecule has 172 valence electrons. The van der Waals surface area contributed by atoms with Gasteiger partial charge in [0.2, 0.25) is 0 Å². The van der Waals surface area contributed by atoms with Crippen LogP contribution in [-0.2, 0) is 31.2 Å². The maximum absolute atomic E-state index is 8.74. The van der Waals surface area contributed by atoms with E-state index >= 15 is 0 Å². The summed E-state index contributed by atoms with van der Waals surface area (Å²) in [7, 11) is -14.0. The van der Waals surface area contributed by atoms with E-state index in [0.29, 0.717) is 0 Å². The van der Waals surface area contributed by atoms with Crippen LogP contribution in [0.5, 0.6) is 0 Å². The highest BCUT2D eigenvalue weighted by atomic mass is 32.3. The van der Waals surface area contributed by atoms with Crippen molar-refractivity contribution in [1.29, 1.82) is 0 Å². The average Bonchev–Trinajstić information content (AvgIpc) is 1.41. The summed E-state index contributed by atoms with van der Waals surface area (Å²) >= 11 is 0. The Morgan fingerprint density at radius 1 is 0.320 bits per heavy atom. The maximum Gasteiger partial charge on any atom is 0.394 e. The van der Waals surface area contributed by atoms with Crippen LogP contribution in [0.1, 0.15) is 0 Å². The molecule has 0 aliphatic heterocycles. The molecule has 0 aromatic rings. The Balaban J connectivity index is -0.00000000655. The Hall–Kier alpha value is 0.355. The normalized spacial score (nSPS) is 6.96. The summed E-state index contributed by atoms with van der Waals surface area (Å²) in [6.07, 6.45) is 0. The van der Waals surface area contributed by atoms with Crippen molar-refractivity contribution in [2.45, 2.75) is 0 Å². The van der Waals surface area contributed by atoms with Crippen LogP contribution in [0.15, 0.2) is 0 Å². The summed E-state index contributed by atoms with van der Waals surface area (Å²) in [4.78, 5) is 0. The molecule has 0 aliphatic rings. The minimum absolute atomic E-state index is 0. The van der Waals surface area contributed by atoms with E-state index in [1.807, 2.05) is 0 Å². The molecule has 0 saturated carbocycles. The zero-order chi connectivity index (χ0) is 13.5. The highest BCUT2D eigenvalue weighted by Crippen LogP contribution is 1.60. The molecule has 0 bridgehead atoms. The fourth-order valence-electron chi connectivity index (χ4n) is 0. The van der Waals surface area contributed by atoms with Crippen molar-refractivity contribution in [2.24, 2.45) is 0 Å². The highest BCUT2D eigenvalue weighted by Gasteiger charge is 1.85. The van der Waals surface area contributed by atoms with Gasteiger partial charge in [-0.25, -0.2) is 0 Å². The standard InChI is InChI=1S/2Al.3H2O4S.8H2O.6H/c;;3*1-5(2,3)4;;;;;;;;;;;;;;/h;;3*(H2,1,2,3,4);8*1H2;;;;;;. The van der Waals surface area contributed by atoms with Crippen LogP contribution >= 0.6 is 0 Å². The Labute approximate surface area is 162 Å². The lowest BCUT2D eigenvalue weighted by Crippen LogP contribution is -1.89. The maximum atomic E-state index is 8.74. The molecule has 0 aliphatic carbocycles. The molecular formula is H28Al2O20S3. The first-order valence-corrected chi connectivity index (χ1v) is 6.29. The molecule has 0 rings (SSSR count). The van der Waals surface area contributed by atoms with E-state index in [-0.39, 0.29) is 78.5 Å². The molecule has 0 saturated heterocycles. The molecule has 25 heteroatoms. The minimum atomic E-state index is -4.67. The van der Waals surface area contributed by atoms with Crippen molar-refractivity contribution in [3.05, 3.63) is 0 Å². The average molecular weight is 498 g/mol. The van der Waals surface area contributed by atoms with Gasteiger partial charge in [0.25, 0.3) is 0 Å². The third-order valence-electron chi connectivity index (χ3n) is 0. The van der Waals surface area contributed by atoms with E-state index in [0.717, 1.165) is 0 Å². The van der Waals surface area contributed by atoms with Crippen LogP contribution in [-0.4, -0.2) is 131 Å². The SMILES string of the molecule is O.O.O.O.O.O.O.O.O=S(=O)(O)O.O=S(=O)(O)O.O=S(=O)(O)O.[AlH3].[AlH3]. The third-order valence-corrected chi connectivity index (χ3v) is 0. The van der Waals surface area contributed by atoms with Gasteiger partial charge in [0, 0.05) is 0 Å². The van der Waals surface area contributed by atoms with E-state index in [4.69, 9.17) is 52.6 Å². The fourth-order valence-corrected chi connectivity index (χ4v) is 0. The van der Waals surface area contributed by atoms with Crippen molar-refractivity contribution in [1.82, 2.24) is 0 Å². The number of rotatable bonds is 0. The summed E-state index contributed by atoms with van der Waals surface area (Å²) in [6, 6.07) is 0. The van der Waals surface area contributed by atoms with Gasteiger partial charge in [0.05, 0.1) is 0 Å². The Morgan fingerprint density at radius 3 is 0.320 bits per heavy atom. The molecule has 20 nitrogen and oxygen atoms in total. The molecule has 22 N–H and O–H groups in total. The van der Waals surface area contributed by atoms with E-state index < -0.39 is 31.2 Å². The molecular weight excluding hydrogens is 470 g/mol. The second kappa shape index (κ2) is 39.4. The zero-order valence-corrected chi connectivity index (χ0v) is 12.8. The molecule has 0 unspecified atom stereocenters. The summed E-state index contributed by atoms with van der Waals surface area (Å²) in [5, 5.41) is 0.